The van der Waals surface area contributed by atoms with E-state index in [1.165, 1.54) is 12.1 Å². The van der Waals surface area contributed by atoms with E-state index >= 15 is 0 Å². The van der Waals surface area contributed by atoms with E-state index in [0.717, 1.165) is 56.7 Å². The van der Waals surface area contributed by atoms with Crippen LogP contribution in [0.3, 0.4) is 0 Å². The standard InChI is InChI=1S/C20H24ClFN2O/c21-17-4-2-16(3-5-17)20(25)10-14-24(15-11-20)13-1-12-23-19-8-6-18(22)7-9-19/h2-9,23,25H,1,10-15H2. The smallest absolute Gasteiger partial charge is 0.123 e. The van der Waals surface area contributed by atoms with E-state index in [1.807, 2.05) is 24.3 Å². The van der Waals surface area contributed by atoms with Crippen molar-refractivity contribution >= 4 is 17.3 Å². The lowest BCUT2D eigenvalue weighted by atomic mass is 9.84. The van der Waals surface area contributed by atoms with Crippen LogP contribution >= 0.6 is 11.6 Å². The lowest BCUT2D eigenvalue weighted by Gasteiger charge is -2.38. The van der Waals surface area contributed by atoms with Crippen molar-refractivity contribution in [2.24, 2.45) is 0 Å². The van der Waals surface area contributed by atoms with Crippen molar-refractivity contribution in [2.75, 3.05) is 31.5 Å². The Morgan fingerprint density at radius 2 is 1.68 bits per heavy atom. The highest BCUT2D eigenvalue weighted by Crippen LogP contribution is 2.33. The lowest BCUT2D eigenvalue weighted by molar-refractivity contribution is -0.0258. The molecule has 0 bridgehead atoms. The molecule has 1 aliphatic rings. The number of hydrogen-bond donors (Lipinski definition) is 2. The van der Waals surface area contributed by atoms with Crippen molar-refractivity contribution in [3.05, 3.63) is 64.9 Å². The highest BCUT2D eigenvalue weighted by Gasteiger charge is 2.33. The predicted molar refractivity (Wildman–Crippen MR) is 101 cm³/mol. The van der Waals surface area contributed by atoms with Crippen molar-refractivity contribution in [2.45, 2.75) is 24.9 Å². The van der Waals surface area contributed by atoms with Gasteiger partial charge in [-0.25, -0.2) is 4.39 Å². The van der Waals surface area contributed by atoms with Crippen molar-refractivity contribution in [3.8, 4) is 0 Å². The van der Waals surface area contributed by atoms with Gasteiger partial charge in [-0.15, -0.1) is 0 Å². The van der Waals surface area contributed by atoms with Gasteiger partial charge in [-0.1, -0.05) is 23.7 Å². The summed E-state index contributed by atoms with van der Waals surface area (Å²) in [6, 6.07) is 13.9. The molecule has 2 aromatic rings. The van der Waals surface area contributed by atoms with Crippen LogP contribution in [0.25, 0.3) is 0 Å². The van der Waals surface area contributed by atoms with Gasteiger partial charge in [0.2, 0.25) is 0 Å². The SMILES string of the molecule is OC1(c2ccc(Cl)cc2)CCN(CCCNc2ccc(F)cc2)CC1. The monoisotopic (exact) mass is 362 g/mol. The molecule has 5 heteroatoms. The molecule has 0 unspecified atom stereocenters. The maximum Gasteiger partial charge on any atom is 0.123 e. The maximum atomic E-state index is 12.9. The van der Waals surface area contributed by atoms with Crippen LogP contribution < -0.4 is 5.32 Å². The zero-order valence-electron chi connectivity index (χ0n) is 14.2. The summed E-state index contributed by atoms with van der Waals surface area (Å²) in [6.45, 7) is 3.61. The summed E-state index contributed by atoms with van der Waals surface area (Å²) in [5.41, 5.74) is 1.15. The van der Waals surface area contributed by atoms with Crippen molar-refractivity contribution in [1.29, 1.82) is 0 Å². The molecule has 3 rings (SSSR count). The summed E-state index contributed by atoms with van der Waals surface area (Å²) >= 11 is 5.93. The first-order chi connectivity index (χ1) is 12.0. The number of rotatable bonds is 6. The van der Waals surface area contributed by atoms with Crippen LogP contribution in [-0.2, 0) is 5.60 Å². The molecular weight excluding hydrogens is 339 g/mol. The average molecular weight is 363 g/mol. The van der Waals surface area contributed by atoms with Crippen LogP contribution in [0.2, 0.25) is 5.02 Å². The maximum absolute atomic E-state index is 12.9. The third kappa shape index (κ3) is 4.94. The molecule has 1 aliphatic heterocycles. The molecule has 1 heterocycles. The first-order valence-electron chi connectivity index (χ1n) is 8.75. The van der Waals surface area contributed by atoms with Crippen LogP contribution in [-0.4, -0.2) is 36.2 Å². The molecule has 0 spiro atoms. The molecule has 1 saturated heterocycles. The minimum absolute atomic E-state index is 0.216. The summed E-state index contributed by atoms with van der Waals surface area (Å²) in [7, 11) is 0. The summed E-state index contributed by atoms with van der Waals surface area (Å²) in [6.07, 6.45) is 2.48. The van der Waals surface area contributed by atoms with Gasteiger partial charge in [0, 0.05) is 30.3 Å². The molecular formula is C20H24ClFN2O. The highest BCUT2D eigenvalue weighted by atomic mass is 35.5. The van der Waals surface area contributed by atoms with Gasteiger partial charge in [-0.05, 0) is 67.8 Å². The second kappa shape index (κ2) is 8.17. The van der Waals surface area contributed by atoms with E-state index in [-0.39, 0.29) is 5.82 Å². The Balaban J connectivity index is 1.40. The molecule has 0 aliphatic carbocycles. The third-order valence-corrected chi connectivity index (χ3v) is 5.14. The van der Waals surface area contributed by atoms with Gasteiger partial charge >= 0.3 is 0 Å². The predicted octanol–water partition coefficient (Wildman–Crippen LogP) is 4.26. The molecule has 0 radical (unpaired) electrons. The Kier molecular flexibility index (Phi) is 5.94. The van der Waals surface area contributed by atoms with Gasteiger partial charge in [0.05, 0.1) is 5.60 Å². The molecule has 0 aromatic heterocycles. The zero-order valence-corrected chi connectivity index (χ0v) is 15.0. The summed E-state index contributed by atoms with van der Waals surface area (Å²) < 4.78 is 12.9. The number of aliphatic hydroxyl groups is 1. The van der Waals surface area contributed by atoms with E-state index < -0.39 is 5.60 Å². The Morgan fingerprint density at radius 1 is 1.04 bits per heavy atom. The second-order valence-electron chi connectivity index (χ2n) is 6.67. The largest absolute Gasteiger partial charge is 0.385 e. The topological polar surface area (TPSA) is 35.5 Å². The van der Waals surface area contributed by atoms with E-state index in [0.29, 0.717) is 5.02 Å². The first kappa shape index (κ1) is 18.2. The lowest BCUT2D eigenvalue weighted by Crippen LogP contribution is -2.43. The summed E-state index contributed by atoms with van der Waals surface area (Å²) in [5.74, 6) is -0.216. The Hall–Kier alpha value is -1.62. The minimum Gasteiger partial charge on any atom is -0.385 e. The number of piperidine rings is 1. The third-order valence-electron chi connectivity index (χ3n) is 4.89. The van der Waals surface area contributed by atoms with Gasteiger partial charge in [0.1, 0.15) is 5.82 Å². The van der Waals surface area contributed by atoms with Gasteiger partial charge in [0.25, 0.3) is 0 Å². The van der Waals surface area contributed by atoms with Gasteiger partial charge in [-0.3, -0.25) is 0 Å². The van der Waals surface area contributed by atoms with E-state index in [4.69, 9.17) is 11.6 Å². The van der Waals surface area contributed by atoms with Crippen molar-refractivity contribution in [1.82, 2.24) is 4.90 Å². The fourth-order valence-electron chi connectivity index (χ4n) is 3.30. The minimum atomic E-state index is -0.743. The zero-order chi connectivity index (χ0) is 17.7. The first-order valence-corrected chi connectivity index (χ1v) is 9.13. The van der Waals surface area contributed by atoms with E-state index in [9.17, 15) is 9.50 Å². The number of hydrogen-bond acceptors (Lipinski definition) is 3. The van der Waals surface area contributed by atoms with Gasteiger partial charge in [0.15, 0.2) is 0 Å². The number of nitrogens with one attached hydrogen (secondary N) is 1. The van der Waals surface area contributed by atoms with Crippen LogP contribution in [0.15, 0.2) is 48.5 Å². The molecule has 0 atom stereocenters. The number of likely N-dealkylation sites (tertiary alicyclic amines) is 1. The van der Waals surface area contributed by atoms with Crippen LogP contribution in [0.5, 0.6) is 0 Å². The Labute approximate surface area is 153 Å². The molecule has 1 fully saturated rings. The summed E-state index contributed by atoms with van der Waals surface area (Å²) in [4.78, 5) is 2.39. The highest BCUT2D eigenvalue weighted by molar-refractivity contribution is 6.30. The van der Waals surface area contributed by atoms with Crippen LogP contribution in [0.1, 0.15) is 24.8 Å². The van der Waals surface area contributed by atoms with Gasteiger partial charge < -0.3 is 15.3 Å². The molecule has 134 valence electrons. The quantitative estimate of drug-likeness (QED) is 0.753. The molecule has 0 amide bonds. The molecule has 2 N–H and O–H groups in total. The number of anilines is 1. The number of benzene rings is 2. The summed E-state index contributed by atoms with van der Waals surface area (Å²) in [5, 5.41) is 14.9. The molecule has 2 aromatic carbocycles. The Bertz CT molecular complexity index is 667. The fourth-order valence-corrected chi connectivity index (χ4v) is 3.42. The fraction of sp³-hybridized carbons (Fsp3) is 0.400. The van der Waals surface area contributed by atoms with Crippen molar-refractivity contribution in [3.63, 3.8) is 0 Å². The van der Waals surface area contributed by atoms with Crippen LogP contribution in [0.4, 0.5) is 10.1 Å². The van der Waals surface area contributed by atoms with E-state index in [2.05, 4.69) is 10.2 Å². The molecule has 0 saturated carbocycles. The molecule has 25 heavy (non-hydrogen) atoms. The Morgan fingerprint density at radius 3 is 2.32 bits per heavy atom. The van der Waals surface area contributed by atoms with Crippen LogP contribution in [0, 0.1) is 5.82 Å². The normalized spacial score (nSPS) is 17.4. The van der Waals surface area contributed by atoms with Gasteiger partial charge in [-0.2, -0.15) is 0 Å². The number of halogens is 2. The number of nitrogens with zero attached hydrogens (tertiary/aromatic N) is 1. The average Bonchev–Trinajstić information content (AvgIpc) is 2.62. The van der Waals surface area contributed by atoms with Crippen molar-refractivity contribution < 1.29 is 9.50 Å². The molecule has 3 nitrogen and oxygen atoms in total. The second-order valence-corrected chi connectivity index (χ2v) is 7.10. The van der Waals surface area contributed by atoms with E-state index in [1.54, 1.807) is 12.1 Å².